The SMILES string of the molecule is COc1cccc(CN(C)CC2(C)CCNCC2)c1. The van der Waals surface area contributed by atoms with Crippen LogP contribution in [0.2, 0.25) is 0 Å². The van der Waals surface area contributed by atoms with Gasteiger partial charge in [-0.15, -0.1) is 0 Å². The maximum atomic E-state index is 5.28. The number of nitrogens with zero attached hydrogens (tertiary/aromatic N) is 1. The van der Waals surface area contributed by atoms with Gasteiger partial charge in [0.05, 0.1) is 7.11 Å². The maximum absolute atomic E-state index is 5.28. The zero-order chi connectivity index (χ0) is 13.7. The van der Waals surface area contributed by atoms with E-state index in [1.165, 1.54) is 18.4 Å². The Labute approximate surface area is 116 Å². The van der Waals surface area contributed by atoms with Crippen LogP contribution >= 0.6 is 0 Å². The molecular weight excluding hydrogens is 236 g/mol. The molecule has 1 fully saturated rings. The van der Waals surface area contributed by atoms with Gasteiger partial charge >= 0.3 is 0 Å². The molecule has 1 saturated heterocycles. The third-order valence-corrected chi connectivity index (χ3v) is 4.05. The number of methoxy groups -OCH3 is 1. The Morgan fingerprint density at radius 3 is 2.74 bits per heavy atom. The number of hydrogen-bond acceptors (Lipinski definition) is 3. The molecule has 0 atom stereocenters. The molecule has 1 N–H and O–H groups in total. The maximum Gasteiger partial charge on any atom is 0.119 e. The summed E-state index contributed by atoms with van der Waals surface area (Å²) in [6.45, 7) is 6.87. The number of benzene rings is 1. The fourth-order valence-electron chi connectivity index (χ4n) is 2.98. The smallest absolute Gasteiger partial charge is 0.119 e. The van der Waals surface area contributed by atoms with E-state index in [-0.39, 0.29) is 0 Å². The van der Waals surface area contributed by atoms with Crippen molar-refractivity contribution in [2.75, 3.05) is 33.8 Å². The van der Waals surface area contributed by atoms with E-state index in [9.17, 15) is 0 Å². The summed E-state index contributed by atoms with van der Waals surface area (Å²) in [6.07, 6.45) is 2.55. The molecule has 0 aromatic heterocycles. The first-order valence-corrected chi connectivity index (χ1v) is 7.13. The van der Waals surface area contributed by atoms with E-state index in [1.54, 1.807) is 7.11 Å². The van der Waals surface area contributed by atoms with Gasteiger partial charge in [-0.05, 0) is 56.1 Å². The van der Waals surface area contributed by atoms with E-state index in [0.29, 0.717) is 5.41 Å². The van der Waals surface area contributed by atoms with Crippen molar-refractivity contribution < 1.29 is 4.74 Å². The molecule has 3 heteroatoms. The summed E-state index contributed by atoms with van der Waals surface area (Å²) >= 11 is 0. The fraction of sp³-hybridized carbons (Fsp3) is 0.625. The van der Waals surface area contributed by atoms with Crippen molar-refractivity contribution in [3.05, 3.63) is 29.8 Å². The van der Waals surface area contributed by atoms with E-state index in [1.807, 2.05) is 6.07 Å². The molecule has 1 heterocycles. The van der Waals surface area contributed by atoms with E-state index in [4.69, 9.17) is 4.74 Å². The van der Waals surface area contributed by atoms with Crippen LogP contribution in [0, 0.1) is 5.41 Å². The van der Waals surface area contributed by atoms with Crippen molar-refractivity contribution in [2.24, 2.45) is 5.41 Å². The lowest BCUT2D eigenvalue weighted by atomic mass is 9.80. The van der Waals surface area contributed by atoms with E-state index in [0.717, 1.165) is 31.9 Å². The van der Waals surface area contributed by atoms with Crippen molar-refractivity contribution in [3.8, 4) is 5.75 Å². The quantitative estimate of drug-likeness (QED) is 0.882. The molecule has 19 heavy (non-hydrogen) atoms. The lowest BCUT2D eigenvalue weighted by Crippen LogP contribution is -2.41. The first kappa shape index (κ1) is 14.4. The van der Waals surface area contributed by atoms with Gasteiger partial charge in [-0.3, -0.25) is 0 Å². The highest BCUT2D eigenvalue weighted by Crippen LogP contribution is 2.29. The zero-order valence-corrected chi connectivity index (χ0v) is 12.4. The van der Waals surface area contributed by atoms with Gasteiger partial charge in [0.15, 0.2) is 0 Å². The molecule has 0 aliphatic carbocycles. The van der Waals surface area contributed by atoms with Crippen LogP contribution in [0.1, 0.15) is 25.3 Å². The van der Waals surface area contributed by atoms with Gasteiger partial charge in [0.1, 0.15) is 5.75 Å². The summed E-state index contributed by atoms with van der Waals surface area (Å²) in [5, 5.41) is 3.44. The fourth-order valence-corrected chi connectivity index (χ4v) is 2.98. The van der Waals surface area contributed by atoms with Gasteiger partial charge in [0, 0.05) is 13.1 Å². The Balaban J connectivity index is 1.91. The Kier molecular flexibility index (Phi) is 4.83. The van der Waals surface area contributed by atoms with Gasteiger partial charge in [-0.25, -0.2) is 0 Å². The monoisotopic (exact) mass is 262 g/mol. The highest BCUT2D eigenvalue weighted by Gasteiger charge is 2.27. The van der Waals surface area contributed by atoms with Crippen molar-refractivity contribution in [2.45, 2.75) is 26.3 Å². The van der Waals surface area contributed by atoms with Gasteiger partial charge in [0.25, 0.3) is 0 Å². The zero-order valence-electron chi connectivity index (χ0n) is 12.4. The third kappa shape index (κ3) is 4.22. The highest BCUT2D eigenvalue weighted by molar-refractivity contribution is 5.28. The average molecular weight is 262 g/mol. The van der Waals surface area contributed by atoms with Crippen LogP contribution in [-0.4, -0.2) is 38.7 Å². The summed E-state index contributed by atoms with van der Waals surface area (Å²) < 4.78 is 5.28. The molecule has 1 aromatic rings. The normalized spacial score (nSPS) is 18.5. The van der Waals surface area contributed by atoms with Crippen LogP contribution < -0.4 is 10.1 Å². The molecule has 0 radical (unpaired) electrons. The van der Waals surface area contributed by atoms with Crippen molar-refractivity contribution >= 4 is 0 Å². The molecule has 3 nitrogen and oxygen atoms in total. The second-order valence-corrected chi connectivity index (χ2v) is 6.08. The topological polar surface area (TPSA) is 24.5 Å². The Bertz CT molecular complexity index is 399. The van der Waals surface area contributed by atoms with E-state index >= 15 is 0 Å². The Hall–Kier alpha value is -1.06. The lowest BCUT2D eigenvalue weighted by Gasteiger charge is -2.37. The van der Waals surface area contributed by atoms with Gasteiger partial charge in [-0.2, -0.15) is 0 Å². The molecule has 1 aliphatic heterocycles. The standard InChI is InChI=1S/C16H26N2O/c1-16(7-9-17-10-8-16)13-18(2)12-14-5-4-6-15(11-14)19-3/h4-6,11,17H,7-10,12-13H2,1-3H3. The Morgan fingerprint density at radius 1 is 1.32 bits per heavy atom. The lowest BCUT2D eigenvalue weighted by molar-refractivity contribution is 0.143. The minimum atomic E-state index is 0.457. The van der Waals surface area contributed by atoms with Crippen LogP contribution in [-0.2, 0) is 6.54 Å². The Morgan fingerprint density at radius 2 is 2.05 bits per heavy atom. The minimum absolute atomic E-state index is 0.457. The summed E-state index contributed by atoms with van der Waals surface area (Å²) in [6, 6.07) is 8.36. The predicted octanol–water partition coefficient (Wildman–Crippen LogP) is 2.52. The van der Waals surface area contributed by atoms with Crippen molar-refractivity contribution in [1.82, 2.24) is 10.2 Å². The van der Waals surface area contributed by atoms with Gasteiger partial charge in [-0.1, -0.05) is 19.1 Å². The molecular formula is C16H26N2O. The number of nitrogens with one attached hydrogen (secondary N) is 1. The van der Waals surface area contributed by atoms with Crippen LogP contribution in [0.15, 0.2) is 24.3 Å². The molecule has 0 amide bonds. The van der Waals surface area contributed by atoms with Gasteiger partial charge < -0.3 is 15.0 Å². The first-order valence-electron chi connectivity index (χ1n) is 7.13. The number of rotatable bonds is 5. The van der Waals surface area contributed by atoms with E-state index < -0.39 is 0 Å². The third-order valence-electron chi connectivity index (χ3n) is 4.05. The molecule has 0 saturated carbocycles. The minimum Gasteiger partial charge on any atom is -0.497 e. The first-order chi connectivity index (χ1) is 9.11. The van der Waals surface area contributed by atoms with E-state index in [2.05, 4.69) is 42.4 Å². The predicted molar refractivity (Wildman–Crippen MR) is 79.5 cm³/mol. The second kappa shape index (κ2) is 6.40. The van der Waals surface area contributed by atoms with Crippen LogP contribution in [0.3, 0.4) is 0 Å². The number of piperidine rings is 1. The summed E-state index contributed by atoms with van der Waals surface area (Å²) in [5.41, 5.74) is 1.78. The second-order valence-electron chi connectivity index (χ2n) is 6.08. The van der Waals surface area contributed by atoms with Crippen LogP contribution in [0.25, 0.3) is 0 Å². The summed E-state index contributed by atoms with van der Waals surface area (Å²) in [7, 11) is 3.94. The van der Waals surface area contributed by atoms with Gasteiger partial charge in [0.2, 0.25) is 0 Å². The molecule has 0 unspecified atom stereocenters. The number of hydrogen-bond donors (Lipinski definition) is 1. The molecule has 0 spiro atoms. The molecule has 1 aliphatic rings. The van der Waals surface area contributed by atoms with Crippen molar-refractivity contribution in [1.29, 1.82) is 0 Å². The summed E-state index contributed by atoms with van der Waals surface area (Å²) in [4.78, 5) is 2.43. The largest absolute Gasteiger partial charge is 0.497 e. The molecule has 1 aromatic carbocycles. The highest BCUT2D eigenvalue weighted by atomic mass is 16.5. The molecule has 0 bridgehead atoms. The molecule has 2 rings (SSSR count). The number of ether oxygens (including phenoxy) is 1. The summed E-state index contributed by atoms with van der Waals surface area (Å²) in [5.74, 6) is 0.943. The molecule has 106 valence electrons. The van der Waals surface area contributed by atoms with Crippen LogP contribution in [0.5, 0.6) is 5.75 Å². The average Bonchev–Trinajstić information content (AvgIpc) is 2.39. The van der Waals surface area contributed by atoms with Crippen LogP contribution in [0.4, 0.5) is 0 Å². The van der Waals surface area contributed by atoms with Crippen molar-refractivity contribution in [3.63, 3.8) is 0 Å².